The fourth-order valence-electron chi connectivity index (χ4n) is 2.44. The Hall–Kier alpha value is -3.18. The third kappa shape index (κ3) is 4.86. The molecule has 0 aliphatic rings. The molecule has 12 heteroatoms. The van der Waals surface area contributed by atoms with E-state index in [2.05, 4.69) is 10.3 Å². The first-order valence-corrected chi connectivity index (χ1v) is 9.37. The van der Waals surface area contributed by atoms with E-state index in [0.717, 1.165) is 29.5 Å². The maximum Gasteiger partial charge on any atom is 0.416 e. The van der Waals surface area contributed by atoms with E-state index in [1.807, 2.05) is 0 Å². The highest BCUT2D eigenvalue weighted by molar-refractivity contribution is 7.14. The van der Waals surface area contributed by atoms with Gasteiger partial charge in [-0.1, -0.05) is 11.6 Å². The van der Waals surface area contributed by atoms with Gasteiger partial charge in [0.25, 0.3) is 5.69 Å². The van der Waals surface area contributed by atoms with Crippen LogP contribution >= 0.6 is 22.9 Å². The Labute approximate surface area is 176 Å². The zero-order valence-electron chi connectivity index (χ0n) is 15.0. The SMILES string of the molecule is CC(=O)Nc1nc(-c2cc(Oc3ccc(C(F)(F)F)cc3Cl)ccc2[N+](=O)[O-])cs1. The van der Waals surface area contributed by atoms with E-state index in [4.69, 9.17) is 16.3 Å². The first kappa shape index (κ1) is 21.5. The van der Waals surface area contributed by atoms with Crippen molar-refractivity contribution in [2.45, 2.75) is 13.1 Å². The number of benzene rings is 2. The predicted molar refractivity (Wildman–Crippen MR) is 105 cm³/mol. The summed E-state index contributed by atoms with van der Waals surface area (Å²) in [6.07, 6.45) is -4.56. The molecule has 3 rings (SSSR count). The van der Waals surface area contributed by atoms with Crippen LogP contribution in [0.15, 0.2) is 41.8 Å². The van der Waals surface area contributed by atoms with Gasteiger partial charge in [-0.2, -0.15) is 13.2 Å². The second-order valence-corrected chi connectivity index (χ2v) is 7.17. The number of nitrogens with zero attached hydrogens (tertiary/aromatic N) is 2. The van der Waals surface area contributed by atoms with Crippen LogP contribution in [-0.4, -0.2) is 15.8 Å². The molecule has 156 valence electrons. The standard InChI is InChI=1S/C18H11ClF3N3O4S/c1-9(26)23-17-24-14(8-30-17)12-7-11(3-4-15(12)25(27)28)29-16-5-2-10(6-13(16)19)18(20,21)22/h2-8H,1H3,(H,23,24,26). The molecule has 7 nitrogen and oxygen atoms in total. The Morgan fingerprint density at radius 3 is 2.60 bits per heavy atom. The van der Waals surface area contributed by atoms with Gasteiger partial charge in [0.2, 0.25) is 5.91 Å². The fraction of sp³-hybridized carbons (Fsp3) is 0.111. The Morgan fingerprint density at radius 2 is 2.00 bits per heavy atom. The minimum atomic E-state index is -4.56. The summed E-state index contributed by atoms with van der Waals surface area (Å²) in [5, 5.41) is 15.4. The van der Waals surface area contributed by atoms with Gasteiger partial charge in [0.05, 0.1) is 26.8 Å². The number of amides is 1. The summed E-state index contributed by atoms with van der Waals surface area (Å²) in [6, 6.07) is 6.39. The molecule has 1 N–H and O–H groups in total. The molecule has 0 bridgehead atoms. The molecular weight excluding hydrogens is 447 g/mol. The van der Waals surface area contributed by atoms with Gasteiger partial charge in [-0.15, -0.1) is 11.3 Å². The van der Waals surface area contributed by atoms with Crippen molar-refractivity contribution in [2.75, 3.05) is 5.32 Å². The van der Waals surface area contributed by atoms with Crippen molar-refractivity contribution >= 4 is 39.7 Å². The molecule has 1 heterocycles. The molecule has 0 unspecified atom stereocenters. The highest BCUT2D eigenvalue weighted by Crippen LogP contribution is 2.39. The normalized spacial score (nSPS) is 11.2. The van der Waals surface area contributed by atoms with Crippen molar-refractivity contribution < 1.29 is 27.6 Å². The Balaban J connectivity index is 1.96. The minimum absolute atomic E-state index is 0.0540. The van der Waals surface area contributed by atoms with Gasteiger partial charge in [-0.3, -0.25) is 14.9 Å². The molecule has 0 radical (unpaired) electrons. The number of rotatable bonds is 5. The number of nitro benzene ring substituents is 1. The molecular formula is C18H11ClF3N3O4S. The van der Waals surface area contributed by atoms with Crippen LogP contribution in [-0.2, 0) is 11.0 Å². The van der Waals surface area contributed by atoms with Crippen LogP contribution < -0.4 is 10.1 Å². The van der Waals surface area contributed by atoms with Gasteiger partial charge in [0.15, 0.2) is 5.13 Å². The van der Waals surface area contributed by atoms with Gasteiger partial charge in [-0.05, 0) is 30.3 Å². The topological polar surface area (TPSA) is 94.4 Å². The summed E-state index contributed by atoms with van der Waals surface area (Å²) in [5.74, 6) is -0.299. The Bertz CT molecular complexity index is 1130. The molecule has 2 aromatic carbocycles. The minimum Gasteiger partial charge on any atom is -0.456 e. The summed E-state index contributed by atoms with van der Waals surface area (Å²) in [6.45, 7) is 1.30. The van der Waals surface area contributed by atoms with E-state index in [1.54, 1.807) is 0 Å². The summed E-state index contributed by atoms with van der Waals surface area (Å²) in [5.41, 5.74) is -0.870. The number of nitro groups is 1. The number of ether oxygens (including phenoxy) is 1. The second-order valence-electron chi connectivity index (χ2n) is 5.90. The predicted octanol–water partition coefficient (Wildman–Crippen LogP) is 6.14. The van der Waals surface area contributed by atoms with E-state index >= 15 is 0 Å². The zero-order valence-corrected chi connectivity index (χ0v) is 16.6. The number of hydrogen-bond acceptors (Lipinski definition) is 6. The molecule has 1 amide bonds. The Morgan fingerprint density at radius 1 is 1.27 bits per heavy atom. The van der Waals surface area contributed by atoms with Crippen molar-refractivity contribution in [3.05, 3.63) is 62.5 Å². The Kier molecular flexibility index (Phi) is 5.94. The van der Waals surface area contributed by atoms with Crippen LogP contribution in [0.25, 0.3) is 11.3 Å². The largest absolute Gasteiger partial charge is 0.456 e. The third-order valence-electron chi connectivity index (χ3n) is 3.71. The third-order valence-corrected chi connectivity index (χ3v) is 4.77. The van der Waals surface area contributed by atoms with E-state index in [9.17, 15) is 28.1 Å². The summed E-state index contributed by atoms with van der Waals surface area (Å²) >= 11 is 6.97. The van der Waals surface area contributed by atoms with Crippen LogP contribution in [0.5, 0.6) is 11.5 Å². The highest BCUT2D eigenvalue weighted by Gasteiger charge is 2.31. The van der Waals surface area contributed by atoms with Crippen molar-refractivity contribution in [3.8, 4) is 22.8 Å². The lowest BCUT2D eigenvalue weighted by Crippen LogP contribution is -2.05. The number of anilines is 1. The van der Waals surface area contributed by atoms with E-state index in [0.29, 0.717) is 0 Å². The second kappa shape index (κ2) is 8.28. The monoisotopic (exact) mass is 457 g/mol. The van der Waals surface area contributed by atoms with E-state index in [1.165, 1.54) is 30.5 Å². The molecule has 0 saturated carbocycles. The lowest BCUT2D eigenvalue weighted by atomic mass is 10.1. The van der Waals surface area contributed by atoms with Crippen LogP contribution in [0, 0.1) is 10.1 Å². The van der Waals surface area contributed by atoms with Crippen LogP contribution in [0.3, 0.4) is 0 Å². The molecule has 3 aromatic rings. The molecule has 0 aliphatic heterocycles. The average Bonchev–Trinajstić information content (AvgIpc) is 3.10. The van der Waals surface area contributed by atoms with Crippen LogP contribution in [0.2, 0.25) is 5.02 Å². The van der Waals surface area contributed by atoms with E-state index < -0.39 is 16.7 Å². The van der Waals surface area contributed by atoms with Crippen LogP contribution in [0.4, 0.5) is 24.0 Å². The number of thiazole rings is 1. The number of carbonyl (C=O) groups excluding carboxylic acids is 1. The van der Waals surface area contributed by atoms with Gasteiger partial charge in [-0.25, -0.2) is 4.98 Å². The lowest BCUT2D eigenvalue weighted by Gasteiger charge is -2.12. The maximum absolute atomic E-state index is 12.8. The average molecular weight is 458 g/mol. The van der Waals surface area contributed by atoms with Crippen molar-refractivity contribution in [1.82, 2.24) is 4.98 Å². The number of hydrogen-bond donors (Lipinski definition) is 1. The van der Waals surface area contributed by atoms with Gasteiger partial charge in [0, 0.05) is 18.4 Å². The number of halogens is 4. The lowest BCUT2D eigenvalue weighted by molar-refractivity contribution is -0.384. The fourth-order valence-corrected chi connectivity index (χ4v) is 3.41. The van der Waals surface area contributed by atoms with E-state index in [-0.39, 0.29) is 44.5 Å². The quantitative estimate of drug-likeness (QED) is 0.366. The van der Waals surface area contributed by atoms with Gasteiger partial charge < -0.3 is 10.1 Å². The van der Waals surface area contributed by atoms with Crippen molar-refractivity contribution in [3.63, 3.8) is 0 Å². The molecule has 0 atom stereocenters. The first-order valence-electron chi connectivity index (χ1n) is 8.11. The molecule has 0 aliphatic carbocycles. The molecule has 1 aromatic heterocycles. The summed E-state index contributed by atoms with van der Waals surface area (Å²) < 4.78 is 43.8. The zero-order chi connectivity index (χ0) is 22.1. The molecule has 0 spiro atoms. The van der Waals surface area contributed by atoms with Crippen LogP contribution in [0.1, 0.15) is 12.5 Å². The number of alkyl halides is 3. The van der Waals surface area contributed by atoms with Crippen molar-refractivity contribution in [2.24, 2.45) is 0 Å². The number of nitrogens with one attached hydrogen (secondary N) is 1. The van der Waals surface area contributed by atoms with Gasteiger partial charge >= 0.3 is 6.18 Å². The highest BCUT2D eigenvalue weighted by atomic mass is 35.5. The van der Waals surface area contributed by atoms with Crippen molar-refractivity contribution in [1.29, 1.82) is 0 Å². The van der Waals surface area contributed by atoms with Gasteiger partial charge in [0.1, 0.15) is 11.5 Å². The number of carbonyl (C=O) groups is 1. The maximum atomic E-state index is 12.8. The molecule has 0 fully saturated rings. The molecule has 30 heavy (non-hydrogen) atoms. The first-order chi connectivity index (χ1) is 14.0. The molecule has 0 saturated heterocycles. The smallest absolute Gasteiger partial charge is 0.416 e. The summed E-state index contributed by atoms with van der Waals surface area (Å²) in [7, 11) is 0. The number of aromatic nitrogens is 1. The summed E-state index contributed by atoms with van der Waals surface area (Å²) in [4.78, 5) is 26.1.